The first-order valence-electron chi connectivity index (χ1n) is 5.18. The SMILES string of the molecule is N#CCCNC(=O)COc1ccc(C=O)cc1F. The smallest absolute Gasteiger partial charge is 0.257 e. The van der Waals surface area contributed by atoms with Gasteiger partial charge in [0, 0.05) is 12.1 Å². The quantitative estimate of drug-likeness (QED) is 0.604. The Morgan fingerprint density at radius 2 is 2.33 bits per heavy atom. The zero-order chi connectivity index (χ0) is 13.4. The third-order valence-corrected chi connectivity index (χ3v) is 2.01. The highest BCUT2D eigenvalue weighted by atomic mass is 19.1. The van der Waals surface area contributed by atoms with E-state index in [0.717, 1.165) is 6.07 Å². The standard InChI is InChI=1S/C12H11FN2O3/c13-10-6-9(7-16)2-3-11(10)18-8-12(17)15-5-1-4-14/h2-3,6-7H,1,5,8H2,(H,15,17). The van der Waals surface area contributed by atoms with Crippen molar-refractivity contribution in [2.24, 2.45) is 0 Å². The molecule has 1 N–H and O–H groups in total. The molecular weight excluding hydrogens is 239 g/mol. The molecule has 0 fully saturated rings. The molecule has 0 aliphatic heterocycles. The largest absolute Gasteiger partial charge is 0.481 e. The molecule has 1 amide bonds. The summed E-state index contributed by atoms with van der Waals surface area (Å²) in [5.74, 6) is -1.25. The minimum Gasteiger partial charge on any atom is -0.481 e. The van der Waals surface area contributed by atoms with Crippen LogP contribution in [-0.4, -0.2) is 25.3 Å². The van der Waals surface area contributed by atoms with Crippen molar-refractivity contribution in [3.8, 4) is 11.8 Å². The Balaban J connectivity index is 2.46. The molecule has 0 heterocycles. The van der Waals surface area contributed by atoms with Crippen molar-refractivity contribution in [1.82, 2.24) is 5.32 Å². The lowest BCUT2D eigenvalue weighted by Crippen LogP contribution is -2.29. The predicted octanol–water partition coefficient (Wildman–Crippen LogP) is 1.05. The second-order valence-electron chi connectivity index (χ2n) is 3.35. The van der Waals surface area contributed by atoms with Crippen LogP contribution in [0.1, 0.15) is 16.8 Å². The molecule has 0 radical (unpaired) electrons. The maximum atomic E-state index is 13.3. The molecule has 0 saturated heterocycles. The molecule has 6 heteroatoms. The van der Waals surface area contributed by atoms with Gasteiger partial charge in [-0.25, -0.2) is 4.39 Å². The number of amides is 1. The summed E-state index contributed by atoms with van der Waals surface area (Å²) < 4.78 is 18.3. The van der Waals surface area contributed by atoms with E-state index >= 15 is 0 Å². The second-order valence-corrected chi connectivity index (χ2v) is 3.35. The number of aldehydes is 1. The summed E-state index contributed by atoms with van der Waals surface area (Å²) in [4.78, 5) is 21.6. The molecule has 0 bridgehead atoms. The zero-order valence-electron chi connectivity index (χ0n) is 9.48. The topological polar surface area (TPSA) is 79.2 Å². The van der Waals surface area contributed by atoms with Gasteiger partial charge in [-0.2, -0.15) is 5.26 Å². The van der Waals surface area contributed by atoms with E-state index in [9.17, 15) is 14.0 Å². The summed E-state index contributed by atoms with van der Waals surface area (Å²) in [6, 6.07) is 5.56. The Morgan fingerprint density at radius 1 is 1.56 bits per heavy atom. The Labute approximate surface area is 103 Å². The van der Waals surface area contributed by atoms with Gasteiger partial charge in [0.2, 0.25) is 0 Å². The van der Waals surface area contributed by atoms with Crippen molar-refractivity contribution in [2.75, 3.05) is 13.2 Å². The number of carbonyl (C=O) groups excluding carboxylic acids is 2. The number of halogens is 1. The van der Waals surface area contributed by atoms with Crippen LogP contribution >= 0.6 is 0 Å². The van der Waals surface area contributed by atoms with Crippen molar-refractivity contribution >= 4 is 12.2 Å². The number of ether oxygens (including phenoxy) is 1. The van der Waals surface area contributed by atoms with Gasteiger partial charge in [0.25, 0.3) is 5.91 Å². The minimum absolute atomic E-state index is 0.101. The minimum atomic E-state index is -0.704. The number of rotatable bonds is 6. The van der Waals surface area contributed by atoms with Crippen molar-refractivity contribution in [1.29, 1.82) is 5.26 Å². The zero-order valence-corrected chi connectivity index (χ0v) is 9.48. The van der Waals surface area contributed by atoms with Crippen molar-refractivity contribution in [3.63, 3.8) is 0 Å². The third-order valence-electron chi connectivity index (χ3n) is 2.01. The Morgan fingerprint density at radius 3 is 2.94 bits per heavy atom. The van der Waals surface area contributed by atoms with Crippen molar-refractivity contribution < 1.29 is 18.7 Å². The van der Waals surface area contributed by atoms with Gasteiger partial charge < -0.3 is 10.1 Å². The highest BCUT2D eigenvalue weighted by molar-refractivity contribution is 5.77. The molecule has 0 saturated carbocycles. The fourth-order valence-electron chi connectivity index (χ4n) is 1.16. The molecule has 94 valence electrons. The highest BCUT2D eigenvalue weighted by Gasteiger charge is 2.07. The normalized spacial score (nSPS) is 9.33. The molecule has 18 heavy (non-hydrogen) atoms. The van der Waals surface area contributed by atoms with Crippen LogP contribution in [0.2, 0.25) is 0 Å². The van der Waals surface area contributed by atoms with E-state index < -0.39 is 11.7 Å². The maximum absolute atomic E-state index is 13.3. The summed E-state index contributed by atoms with van der Waals surface area (Å²) >= 11 is 0. The van der Waals surface area contributed by atoms with Gasteiger partial charge in [-0.1, -0.05) is 0 Å². The number of hydrogen-bond acceptors (Lipinski definition) is 4. The number of carbonyl (C=O) groups is 2. The Bertz CT molecular complexity index is 483. The van der Waals surface area contributed by atoms with Crippen LogP contribution in [0.5, 0.6) is 5.75 Å². The summed E-state index contributed by atoms with van der Waals surface area (Å²) in [5.41, 5.74) is 0.193. The van der Waals surface area contributed by atoms with Gasteiger partial charge in [0.1, 0.15) is 6.29 Å². The van der Waals surface area contributed by atoms with E-state index in [1.54, 1.807) is 0 Å². The van der Waals surface area contributed by atoms with Gasteiger partial charge in [0.05, 0.1) is 12.5 Å². The Hall–Kier alpha value is -2.42. The molecule has 0 atom stereocenters. The average molecular weight is 250 g/mol. The van der Waals surface area contributed by atoms with Crippen molar-refractivity contribution in [3.05, 3.63) is 29.6 Å². The number of nitrogens with one attached hydrogen (secondary N) is 1. The first-order valence-corrected chi connectivity index (χ1v) is 5.18. The molecule has 1 aromatic rings. The van der Waals surface area contributed by atoms with Crippen LogP contribution in [-0.2, 0) is 4.79 Å². The van der Waals surface area contributed by atoms with Crippen LogP contribution < -0.4 is 10.1 Å². The number of benzene rings is 1. The van der Waals surface area contributed by atoms with E-state index in [1.165, 1.54) is 12.1 Å². The van der Waals surface area contributed by atoms with Crippen LogP contribution in [0, 0.1) is 17.1 Å². The summed E-state index contributed by atoms with van der Waals surface area (Å²) in [7, 11) is 0. The fraction of sp³-hybridized carbons (Fsp3) is 0.250. The molecular formula is C12H11FN2O3. The number of nitrogens with zero attached hydrogens (tertiary/aromatic N) is 1. The average Bonchev–Trinajstić information content (AvgIpc) is 2.37. The lowest BCUT2D eigenvalue weighted by molar-refractivity contribution is -0.123. The maximum Gasteiger partial charge on any atom is 0.257 e. The van der Waals surface area contributed by atoms with Gasteiger partial charge in [-0.3, -0.25) is 9.59 Å². The Kier molecular flexibility index (Phi) is 5.32. The molecule has 0 spiro atoms. The monoisotopic (exact) mass is 250 g/mol. The molecule has 1 aromatic carbocycles. The first kappa shape index (κ1) is 13.6. The van der Waals surface area contributed by atoms with Gasteiger partial charge in [-0.05, 0) is 18.2 Å². The molecule has 0 aromatic heterocycles. The van der Waals surface area contributed by atoms with Crippen LogP contribution in [0.3, 0.4) is 0 Å². The van der Waals surface area contributed by atoms with Crippen molar-refractivity contribution in [2.45, 2.75) is 6.42 Å². The van der Waals surface area contributed by atoms with E-state index in [4.69, 9.17) is 10.00 Å². The van der Waals surface area contributed by atoms with E-state index in [-0.39, 0.29) is 30.9 Å². The molecule has 5 nitrogen and oxygen atoms in total. The molecule has 0 aliphatic rings. The summed E-state index contributed by atoms with van der Waals surface area (Å²) in [5, 5.41) is 10.7. The third kappa shape index (κ3) is 4.22. The lowest BCUT2D eigenvalue weighted by Gasteiger charge is -2.07. The number of nitriles is 1. The van der Waals surface area contributed by atoms with Crippen LogP contribution in [0.15, 0.2) is 18.2 Å². The van der Waals surface area contributed by atoms with Gasteiger partial charge in [0.15, 0.2) is 18.2 Å². The van der Waals surface area contributed by atoms with Gasteiger partial charge in [-0.15, -0.1) is 0 Å². The number of hydrogen-bond donors (Lipinski definition) is 1. The second kappa shape index (κ2) is 7.01. The van der Waals surface area contributed by atoms with Crippen LogP contribution in [0.25, 0.3) is 0 Å². The van der Waals surface area contributed by atoms with E-state index in [1.807, 2.05) is 6.07 Å². The van der Waals surface area contributed by atoms with Crippen LogP contribution in [0.4, 0.5) is 4.39 Å². The lowest BCUT2D eigenvalue weighted by atomic mass is 10.2. The molecule has 1 rings (SSSR count). The molecule has 0 aliphatic carbocycles. The highest BCUT2D eigenvalue weighted by Crippen LogP contribution is 2.17. The molecule has 0 unspecified atom stereocenters. The summed E-state index contributed by atoms with van der Waals surface area (Å²) in [6.07, 6.45) is 0.718. The van der Waals surface area contributed by atoms with E-state index in [0.29, 0.717) is 6.29 Å². The first-order chi connectivity index (χ1) is 8.67. The fourth-order valence-corrected chi connectivity index (χ4v) is 1.16. The predicted molar refractivity (Wildman–Crippen MR) is 60.5 cm³/mol. The van der Waals surface area contributed by atoms with E-state index in [2.05, 4.69) is 5.32 Å². The van der Waals surface area contributed by atoms with Gasteiger partial charge >= 0.3 is 0 Å². The summed E-state index contributed by atoms with van der Waals surface area (Å²) in [6.45, 7) is -0.117.